The molecule has 5 N–H and O–H groups in total. The molecule has 0 unspecified atom stereocenters. The highest BCUT2D eigenvalue weighted by atomic mass is 16.7. The third-order valence-electron chi connectivity index (χ3n) is 9.46. The summed E-state index contributed by atoms with van der Waals surface area (Å²) >= 11 is 0. The number of nitrogens with zero attached hydrogens (tertiary/aromatic N) is 1. The maximum Gasteiger partial charge on any atom is 0.316 e. The maximum absolute atomic E-state index is 14.4. The van der Waals surface area contributed by atoms with Crippen LogP contribution in [-0.2, 0) is 24.6 Å². The van der Waals surface area contributed by atoms with Crippen LogP contribution in [0, 0.1) is 0 Å². The minimum Gasteiger partial charge on any atom is -0.507 e. The smallest absolute Gasteiger partial charge is 0.316 e. The first-order valence-electron chi connectivity index (χ1n) is 14.3. The van der Waals surface area contributed by atoms with E-state index in [0.29, 0.717) is 0 Å². The summed E-state index contributed by atoms with van der Waals surface area (Å²) in [6, 6.07) is 1.60. The van der Waals surface area contributed by atoms with Crippen LogP contribution in [0.2, 0.25) is 0 Å². The molecule has 0 amide bonds. The number of ether oxygens (including phenoxy) is 4. The van der Waals surface area contributed by atoms with Crippen molar-refractivity contribution in [1.29, 1.82) is 0 Å². The summed E-state index contributed by atoms with van der Waals surface area (Å²) in [7, 11) is 4.47. The highest BCUT2D eigenvalue weighted by molar-refractivity contribution is 6.31. The molecule has 2 aliphatic heterocycles. The molecule has 0 spiro atoms. The lowest BCUT2D eigenvalue weighted by Gasteiger charge is -2.53. The fourth-order valence-electron chi connectivity index (χ4n) is 7.39. The van der Waals surface area contributed by atoms with E-state index in [2.05, 4.69) is 0 Å². The lowest BCUT2D eigenvalue weighted by molar-refractivity contribution is -0.311. The van der Waals surface area contributed by atoms with Crippen molar-refractivity contribution >= 4 is 17.5 Å². The van der Waals surface area contributed by atoms with Gasteiger partial charge in [0.1, 0.15) is 41.0 Å². The predicted octanol–water partition coefficient (Wildman–Crippen LogP) is 0.978. The Labute approximate surface area is 252 Å². The number of fused-ring (bicyclic) bond motifs is 8. The third kappa shape index (κ3) is 3.90. The second kappa shape index (κ2) is 9.96. The number of esters is 1. The highest BCUT2D eigenvalue weighted by Crippen LogP contribution is 2.56. The summed E-state index contributed by atoms with van der Waals surface area (Å²) < 4.78 is 22.7. The molecule has 1 fully saturated rings. The fourth-order valence-corrected chi connectivity index (χ4v) is 7.39. The van der Waals surface area contributed by atoms with E-state index in [9.17, 15) is 39.9 Å². The van der Waals surface area contributed by atoms with Gasteiger partial charge in [-0.05, 0) is 52.6 Å². The minimum atomic E-state index is -1.71. The Morgan fingerprint density at radius 1 is 1.09 bits per heavy atom. The largest absolute Gasteiger partial charge is 0.507 e. The van der Waals surface area contributed by atoms with E-state index >= 15 is 0 Å². The van der Waals surface area contributed by atoms with Gasteiger partial charge in [0, 0.05) is 29.7 Å². The Hall–Kier alpha value is -3.59. The SMILES string of the molecule is CCO[C@H]1C[C@](C)(O)[C@H](C(=O)OC)c2cc3c(c(O)c21)C(=O)c1c(O)cc2c(c1C3=O)O[C@@H]1O[C@@]2(C)[C@H](O)[C@@H](N(C)C)[C@@H]1O. The number of ketones is 2. The molecule has 8 atom stereocenters. The summed E-state index contributed by atoms with van der Waals surface area (Å²) in [5.74, 6) is -5.29. The number of phenols is 2. The standard InChI is InChI=1S/C31H35NO12/c1-7-42-15-10-30(2,40)20(28(39)41-6)11-8-12-17(23(35)16(11)15)24(36)18-14(33)9-13-26(19(18)22(12)34)43-29-25(37)21(32(4)5)27(38)31(13,3)44-29/h8-9,15,20-21,25,27,29,33,35,37-38,40H,7,10H2,1-6H3/t15-,20-,21-,25-,27+,29+,30-,31+/m0/s1. The number of rotatable bonds is 4. The topological polar surface area (TPSA) is 193 Å². The zero-order valence-electron chi connectivity index (χ0n) is 25.1. The Morgan fingerprint density at radius 3 is 2.39 bits per heavy atom. The van der Waals surface area contributed by atoms with E-state index < -0.39 is 87.9 Å². The van der Waals surface area contributed by atoms with Crippen molar-refractivity contribution in [2.45, 2.75) is 75.0 Å². The first-order chi connectivity index (χ1) is 20.6. The van der Waals surface area contributed by atoms with E-state index in [-0.39, 0.29) is 46.6 Å². The molecule has 1 saturated heterocycles. The van der Waals surface area contributed by atoms with Gasteiger partial charge in [-0.25, -0.2) is 0 Å². The molecule has 0 saturated carbocycles. The van der Waals surface area contributed by atoms with E-state index in [0.717, 1.165) is 7.11 Å². The highest BCUT2D eigenvalue weighted by Gasteiger charge is 2.59. The summed E-state index contributed by atoms with van der Waals surface area (Å²) in [5.41, 5.74) is -4.58. The molecular weight excluding hydrogens is 578 g/mol. The van der Waals surface area contributed by atoms with Crippen LogP contribution < -0.4 is 4.74 Å². The lowest BCUT2D eigenvalue weighted by atomic mass is 9.68. The molecule has 2 aliphatic carbocycles. The van der Waals surface area contributed by atoms with Gasteiger partial charge in [-0.15, -0.1) is 0 Å². The van der Waals surface area contributed by atoms with Gasteiger partial charge in [-0.1, -0.05) is 0 Å². The zero-order chi connectivity index (χ0) is 32.2. The van der Waals surface area contributed by atoms with Gasteiger partial charge in [0.05, 0.1) is 41.5 Å². The molecule has 2 heterocycles. The van der Waals surface area contributed by atoms with Gasteiger partial charge < -0.3 is 49.4 Å². The van der Waals surface area contributed by atoms with Gasteiger partial charge >= 0.3 is 5.97 Å². The second-order valence-corrected chi connectivity index (χ2v) is 12.4. The molecule has 13 nitrogen and oxygen atoms in total. The van der Waals surface area contributed by atoms with Crippen LogP contribution in [0.5, 0.6) is 17.2 Å². The zero-order valence-corrected chi connectivity index (χ0v) is 25.1. The van der Waals surface area contributed by atoms with Crippen molar-refractivity contribution in [1.82, 2.24) is 4.90 Å². The predicted molar refractivity (Wildman–Crippen MR) is 150 cm³/mol. The summed E-state index contributed by atoms with van der Waals surface area (Å²) in [4.78, 5) is 43.0. The Morgan fingerprint density at radius 2 is 1.77 bits per heavy atom. The number of aliphatic hydroxyl groups is 3. The van der Waals surface area contributed by atoms with Gasteiger partial charge in [0.25, 0.3) is 0 Å². The quantitative estimate of drug-likeness (QED) is 0.262. The Kier molecular flexibility index (Phi) is 6.89. The molecule has 6 rings (SSSR count). The number of aliphatic hydroxyl groups excluding tert-OH is 2. The molecule has 44 heavy (non-hydrogen) atoms. The number of aromatic hydroxyl groups is 2. The second-order valence-electron chi connectivity index (χ2n) is 12.4. The van der Waals surface area contributed by atoms with Crippen LogP contribution in [0.3, 0.4) is 0 Å². The van der Waals surface area contributed by atoms with Crippen molar-refractivity contribution in [3.63, 3.8) is 0 Å². The molecule has 2 aromatic carbocycles. The van der Waals surface area contributed by atoms with Crippen molar-refractivity contribution in [2.24, 2.45) is 0 Å². The van der Waals surface area contributed by atoms with Crippen LogP contribution in [0.25, 0.3) is 0 Å². The average molecular weight is 614 g/mol. The lowest BCUT2D eigenvalue weighted by Crippen LogP contribution is -2.68. The number of carbonyl (C=O) groups is 3. The number of carbonyl (C=O) groups excluding carboxylic acids is 3. The van der Waals surface area contributed by atoms with Gasteiger partial charge in [-0.2, -0.15) is 0 Å². The van der Waals surface area contributed by atoms with Crippen molar-refractivity contribution in [3.8, 4) is 17.2 Å². The molecule has 4 aliphatic rings. The molecule has 0 radical (unpaired) electrons. The number of likely N-dealkylation sites (N-methyl/N-ethyl adjacent to an activating group) is 1. The normalized spacial score (nSPS) is 33.6. The Bertz CT molecular complexity index is 1620. The van der Waals surface area contributed by atoms with Gasteiger partial charge in [0.15, 0.2) is 5.78 Å². The molecule has 13 heteroatoms. The monoisotopic (exact) mass is 613 g/mol. The first kappa shape index (κ1) is 30.4. The first-order valence-corrected chi connectivity index (χ1v) is 14.3. The molecule has 2 aromatic rings. The van der Waals surface area contributed by atoms with Crippen LogP contribution in [-0.4, -0.2) is 106 Å². The minimum absolute atomic E-state index is 0.0502. The van der Waals surface area contributed by atoms with Crippen molar-refractivity contribution in [3.05, 3.63) is 51.1 Å². The van der Waals surface area contributed by atoms with Crippen LogP contribution in [0.15, 0.2) is 12.1 Å². The van der Waals surface area contributed by atoms with E-state index in [4.69, 9.17) is 18.9 Å². The molecule has 2 bridgehead atoms. The number of benzene rings is 2. The van der Waals surface area contributed by atoms with E-state index in [1.807, 2.05) is 0 Å². The molecular formula is C31H35NO12. The summed E-state index contributed by atoms with van der Waals surface area (Å²) in [6.07, 6.45) is -5.11. The van der Waals surface area contributed by atoms with Crippen LogP contribution in [0.1, 0.15) is 87.7 Å². The van der Waals surface area contributed by atoms with Gasteiger partial charge in [-0.3, -0.25) is 14.4 Å². The molecule has 0 aromatic heterocycles. The number of phenolic OH excluding ortho intramolecular Hbond substituents is 2. The third-order valence-corrected chi connectivity index (χ3v) is 9.46. The molecule has 236 valence electrons. The number of hydrogen-bond donors (Lipinski definition) is 5. The van der Waals surface area contributed by atoms with Gasteiger partial charge in [0.2, 0.25) is 12.1 Å². The van der Waals surface area contributed by atoms with E-state index in [1.165, 1.54) is 26.0 Å². The number of hydrogen-bond acceptors (Lipinski definition) is 13. The van der Waals surface area contributed by atoms with E-state index in [1.54, 1.807) is 25.9 Å². The van der Waals surface area contributed by atoms with Crippen molar-refractivity contribution < 1.29 is 58.9 Å². The average Bonchev–Trinajstić information content (AvgIpc) is 2.94. The maximum atomic E-state index is 14.4. The summed E-state index contributed by atoms with van der Waals surface area (Å²) in [5, 5.41) is 56.5. The Balaban J connectivity index is 1.60. The van der Waals surface area contributed by atoms with Crippen LogP contribution >= 0.6 is 0 Å². The van der Waals surface area contributed by atoms with Crippen molar-refractivity contribution in [2.75, 3.05) is 27.8 Å². The van der Waals surface area contributed by atoms with Crippen LogP contribution in [0.4, 0.5) is 0 Å². The summed E-state index contributed by atoms with van der Waals surface area (Å²) in [6.45, 7) is 4.83. The number of methoxy groups -OCH3 is 1. The fraction of sp³-hybridized carbons (Fsp3) is 0.516.